The Bertz CT molecular complexity index is 1010. The highest BCUT2D eigenvalue weighted by molar-refractivity contribution is 5.78. The van der Waals surface area contributed by atoms with Gasteiger partial charge in [0, 0.05) is 12.1 Å². The first-order valence-electron chi connectivity index (χ1n) is 11.2. The average Bonchev–Trinajstić information content (AvgIpc) is 3.27. The van der Waals surface area contributed by atoms with Gasteiger partial charge in [-0.1, -0.05) is 52.7 Å². The van der Waals surface area contributed by atoms with Gasteiger partial charge in [0.1, 0.15) is 12.4 Å². The second kappa shape index (κ2) is 10.4. The van der Waals surface area contributed by atoms with Gasteiger partial charge < -0.3 is 14.6 Å². The van der Waals surface area contributed by atoms with Crippen molar-refractivity contribution in [3.63, 3.8) is 0 Å². The van der Waals surface area contributed by atoms with Crippen LogP contribution in [-0.2, 0) is 11.3 Å². The van der Waals surface area contributed by atoms with Gasteiger partial charge in [-0.25, -0.2) is 0 Å². The Labute approximate surface area is 188 Å². The molecule has 7 nitrogen and oxygen atoms in total. The lowest BCUT2D eigenvalue weighted by atomic mass is 9.97. The first kappa shape index (κ1) is 22.0. The molecule has 1 aliphatic heterocycles. The maximum absolute atomic E-state index is 12.6. The standard InChI is InChI=1S/C25H30N4O3/c1-18-5-9-20(10-6-18)24-27-23(32-28-24)17-29-14-3-4-21(16-29)25(30)26-13-15-31-22-11-7-19(2)8-12-22/h5-12,21H,3-4,13-17H2,1-2H3,(H,26,30). The lowest BCUT2D eigenvalue weighted by Gasteiger charge is -2.30. The van der Waals surface area contributed by atoms with Crippen molar-refractivity contribution in [3.05, 3.63) is 65.5 Å². The van der Waals surface area contributed by atoms with Crippen LogP contribution in [0.4, 0.5) is 0 Å². The number of hydrogen-bond acceptors (Lipinski definition) is 6. The van der Waals surface area contributed by atoms with Crippen LogP contribution >= 0.6 is 0 Å². The van der Waals surface area contributed by atoms with Crippen LogP contribution in [0.2, 0.25) is 0 Å². The Morgan fingerprint density at radius 2 is 1.84 bits per heavy atom. The number of rotatable bonds is 8. The fraction of sp³-hybridized carbons (Fsp3) is 0.400. The lowest BCUT2D eigenvalue weighted by Crippen LogP contribution is -2.43. The van der Waals surface area contributed by atoms with Gasteiger partial charge in [-0.15, -0.1) is 0 Å². The van der Waals surface area contributed by atoms with Gasteiger partial charge in [-0.2, -0.15) is 4.98 Å². The quantitative estimate of drug-likeness (QED) is 0.544. The highest BCUT2D eigenvalue weighted by atomic mass is 16.5. The largest absolute Gasteiger partial charge is 0.492 e. The summed E-state index contributed by atoms with van der Waals surface area (Å²) in [5.74, 6) is 2.03. The number of carbonyl (C=O) groups excluding carboxylic acids is 1. The molecule has 168 valence electrons. The average molecular weight is 435 g/mol. The summed E-state index contributed by atoms with van der Waals surface area (Å²) in [5, 5.41) is 7.12. The van der Waals surface area contributed by atoms with Crippen LogP contribution in [0, 0.1) is 19.8 Å². The summed E-state index contributed by atoms with van der Waals surface area (Å²) in [4.78, 5) is 19.4. The Balaban J connectivity index is 1.23. The Morgan fingerprint density at radius 3 is 2.59 bits per heavy atom. The van der Waals surface area contributed by atoms with E-state index in [-0.39, 0.29) is 11.8 Å². The van der Waals surface area contributed by atoms with Gasteiger partial charge in [0.05, 0.1) is 19.0 Å². The number of likely N-dealkylation sites (tertiary alicyclic amines) is 1. The van der Waals surface area contributed by atoms with E-state index in [1.807, 2.05) is 62.4 Å². The number of nitrogens with one attached hydrogen (secondary N) is 1. The normalized spacial score (nSPS) is 16.6. The molecule has 1 unspecified atom stereocenters. The van der Waals surface area contributed by atoms with Crippen LogP contribution < -0.4 is 10.1 Å². The van der Waals surface area contributed by atoms with Gasteiger partial charge >= 0.3 is 0 Å². The third kappa shape index (κ3) is 5.95. The van der Waals surface area contributed by atoms with Crippen LogP contribution in [0.15, 0.2) is 53.1 Å². The number of piperidine rings is 1. The van der Waals surface area contributed by atoms with E-state index >= 15 is 0 Å². The highest BCUT2D eigenvalue weighted by Crippen LogP contribution is 2.21. The van der Waals surface area contributed by atoms with E-state index in [2.05, 4.69) is 20.4 Å². The van der Waals surface area contributed by atoms with E-state index in [1.54, 1.807) is 0 Å². The molecule has 1 amide bonds. The molecule has 0 radical (unpaired) electrons. The van der Waals surface area contributed by atoms with Crippen molar-refractivity contribution in [2.24, 2.45) is 5.92 Å². The van der Waals surface area contributed by atoms with E-state index in [0.717, 1.165) is 30.7 Å². The zero-order valence-electron chi connectivity index (χ0n) is 18.7. The summed E-state index contributed by atoms with van der Waals surface area (Å²) >= 11 is 0. The number of aromatic nitrogens is 2. The van der Waals surface area contributed by atoms with Crippen molar-refractivity contribution in [1.29, 1.82) is 0 Å². The van der Waals surface area contributed by atoms with Gasteiger partial charge in [0.2, 0.25) is 17.6 Å². The SMILES string of the molecule is Cc1ccc(OCCNC(=O)C2CCCN(Cc3nc(-c4ccc(C)cc4)no3)C2)cc1. The van der Waals surface area contributed by atoms with Crippen LogP contribution in [0.25, 0.3) is 11.4 Å². The van der Waals surface area contributed by atoms with Crippen molar-refractivity contribution in [3.8, 4) is 17.1 Å². The van der Waals surface area contributed by atoms with Gasteiger partial charge in [-0.05, 0) is 45.4 Å². The highest BCUT2D eigenvalue weighted by Gasteiger charge is 2.26. The molecule has 0 saturated carbocycles. The first-order valence-corrected chi connectivity index (χ1v) is 11.2. The van der Waals surface area contributed by atoms with Crippen molar-refractivity contribution in [1.82, 2.24) is 20.4 Å². The van der Waals surface area contributed by atoms with Crippen molar-refractivity contribution in [2.45, 2.75) is 33.2 Å². The molecule has 0 spiro atoms. The molecule has 1 aromatic heterocycles. The Morgan fingerprint density at radius 1 is 1.12 bits per heavy atom. The summed E-state index contributed by atoms with van der Waals surface area (Å²) in [5.41, 5.74) is 3.32. The number of carbonyl (C=O) groups is 1. The number of ether oxygens (including phenoxy) is 1. The molecular formula is C25H30N4O3. The molecule has 7 heteroatoms. The molecule has 1 fully saturated rings. The van der Waals surface area contributed by atoms with E-state index in [9.17, 15) is 4.79 Å². The van der Waals surface area contributed by atoms with Crippen molar-refractivity contribution < 1.29 is 14.1 Å². The summed E-state index contributed by atoms with van der Waals surface area (Å²) in [7, 11) is 0. The molecule has 32 heavy (non-hydrogen) atoms. The zero-order chi connectivity index (χ0) is 22.3. The molecule has 0 aliphatic carbocycles. The Kier molecular flexibility index (Phi) is 7.17. The van der Waals surface area contributed by atoms with E-state index in [0.29, 0.717) is 38.0 Å². The third-order valence-corrected chi connectivity index (χ3v) is 5.70. The van der Waals surface area contributed by atoms with Crippen LogP contribution in [0.1, 0.15) is 29.9 Å². The maximum atomic E-state index is 12.6. The predicted molar refractivity (Wildman–Crippen MR) is 122 cm³/mol. The fourth-order valence-corrected chi connectivity index (χ4v) is 3.87. The summed E-state index contributed by atoms with van der Waals surface area (Å²) in [6.07, 6.45) is 1.86. The minimum absolute atomic E-state index is 0.0392. The second-order valence-electron chi connectivity index (χ2n) is 8.40. The van der Waals surface area contributed by atoms with E-state index < -0.39 is 0 Å². The molecule has 1 N–H and O–H groups in total. The summed E-state index contributed by atoms with van der Waals surface area (Å²) in [6.45, 7) is 7.20. The molecule has 1 atom stereocenters. The zero-order valence-corrected chi connectivity index (χ0v) is 18.7. The monoisotopic (exact) mass is 434 g/mol. The molecule has 4 rings (SSSR count). The second-order valence-corrected chi connectivity index (χ2v) is 8.40. The minimum atomic E-state index is -0.0392. The van der Waals surface area contributed by atoms with Crippen molar-refractivity contribution >= 4 is 5.91 Å². The maximum Gasteiger partial charge on any atom is 0.241 e. The molecule has 1 aliphatic rings. The molecule has 0 bridgehead atoms. The molecule has 3 aromatic rings. The number of nitrogens with zero attached hydrogens (tertiary/aromatic N) is 3. The molecule has 2 heterocycles. The molecule has 2 aromatic carbocycles. The summed E-state index contributed by atoms with van der Waals surface area (Å²) < 4.78 is 11.1. The van der Waals surface area contributed by atoms with Crippen molar-refractivity contribution in [2.75, 3.05) is 26.2 Å². The molecular weight excluding hydrogens is 404 g/mol. The number of aryl methyl sites for hydroxylation is 2. The van der Waals surface area contributed by atoms with Crippen LogP contribution in [0.5, 0.6) is 5.75 Å². The Hall–Kier alpha value is -3.19. The van der Waals surface area contributed by atoms with Gasteiger partial charge in [-0.3, -0.25) is 9.69 Å². The van der Waals surface area contributed by atoms with Crippen LogP contribution in [-0.4, -0.2) is 47.2 Å². The third-order valence-electron chi connectivity index (χ3n) is 5.70. The van der Waals surface area contributed by atoms with Crippen LogP contribution in [0.3, 0.4) is 0 Å². The van der Waals surface area contributed by atoms with E-state index in [1.165, 1.54) is 11.1 Å². The number of benzene rings is 2. The van der Waals surface area contributed by atoms with E-state index in [4.69, 9.17) is 9.26 Å². The fourth-order valence-electron chi connectivity index (χ4n) is 3.87. The van der Waals surface area contributed by atoms with Gasteiger partial charge in [0.15, 0.2) is 0 Å². The number of hydrogen-bond donors (Lipinski definition) is 1. The topological polar surface area (TPSA) is 80.5 Å². The predicted octanol–water partition coefficient (Wildman–Crippen LogP) is 3.76. The first-order chi connectivity index (χ1) is 15.6. The lowest BCUT2D eigenvalue weighted by molar-refractivity contribution is -0.126. The van der Waals surface area contributed by atoms with Gasteiger partial charge in [0.25, 0.3) is 0 Å². The smallest absolute Gasteiger partial charge is 0.241 e. The summed E-state index contributed by atoms with van der Waals surface area (Å²) in [6, 6.07) is 16.0. The molecule has 1 saturated heterocycles. The minimum Gasteiger partial charge on any atom is -0.492 e. The number of amides is 1.